The molecule has 32 heavy (non-hydrogen) atoms. The van der Waals surface area contributed by atoms with E-state index in [1.807, 2.05) is 19.1 Å². The Morgan fingerprint density at radius 3 is 2.53 bits per heavy atom. The number of piperidine rings is 1. The van der Waals surface area contributed by atoms with Crippen LogP contribution < -0.4 is 15.4 Å². The molecule has 9 heteroatoms. The van der Waals surface area contributed by atoms with Gasteiger partial charge >= 0.3 is 0 Å². The van der Waals surface area contributed by atoms with Gasteiger partial charge in [-0.2, -0.15) is 4.31 Å². The van der Waals surface area contributed by atoms with Crippen molar-refractivity contribution < 1.29 is 22.7 Å². The molecule has 0 bridgehead atoms. The van der Waals surface area contributed by atoms with Crippen molar-refractivity contribution in [2.75, 3.05) is 20.2 Å². The Kier molecular flexibility index (Phi) is 7.87. The normalized spacial score (nSPS) is 16.9. The molecule has 1 unspecified atom stereocenters. The fraction of sp³-hybridized carbons (Fsp3) is 0.391. The smallest absolute Gasteiger partial charge is 0.251 e. The van der Waals surface area contributed by atoms with Crippen LogP contribution in [0, 0.1) is 0 Å². The first kappa shape index (κ1) is 23.7. The average molecular weight is 460 g/mol. The maximum absolute atomic E-state index is 13.0. The summed E-state index contributed by atoms with van der Waals surface area (Å²) in [5.74, 6) is -0.125. The number of sulfonamides is 1. The highest BCUT2D eigenvalue weighted by molar-refractivity contribution is 7.89. The van der Waals surface area contributed by atoms with Crippen LogP contribution in [0.1, 0.15) is 42.1 Å². The summed E-state index contributed by atoms with van der Waals surface area (Å²) in [6.45, 7) is 2.49. The molecule has 1 heterocycles. The standard InChI is InChI=1S/C23H29N3O5S/c1-17-6-3-4-13-26(17)32(29,30)21-8-5-7-19(14-21)23(28)25-16-22(27)24-15-18-9-11-20(31-2)12-10-18/h5,7-12,14,17H,3-4,6,13,15-16H2,1-2H3,(H,24,27)(H,25,28). The molecule has 1 fully saturated rings. The Morgan fingerprint density at radius 2 is 1.84 bits per heavy atom. The summed E-state index contributed by atoms with van der Waals surface area (Å²) in [7, 11) is -2.10. The Morgan fingerprint density at radius 1 is 1.09 bits per heavy atom. The minimum absolute atomic E-state index is 0.0689. The predicted octanol–water partition coefficient (Wildman–Crippen LogP) is 2.30. The monoisotopic (exact) mass is 459 g/mol. The molecule has 0 radical (unpaired) electrons. The highest BCUT2D eigenvalue weighted by Gasteiger charge is 2.31. The van der Waals surface area contributed by atoms with Gasteiger partial charge in [0.25, 0.3) is 5.91 Å². The van der Waals surface area contributed by atoms with E-state index in [-0.39, 0.29) is 29.0 Å². The van der Waals surface area contributed by atoms with Crippen LogP contribution in [0.15, 0.2) is 53.4 Å². The topological polar surface area (TPSA) is 105 Å². The van der Waals surface area contributed by atoms with Gasteiger partial charge in [-0.3, -0.25) is 9.59 Å². The minimum Gasteiger partial charge on any atom is -0.497 e. The van der Waals surface area contributed by atoms with Crippen molar-refractivity contribution in [3.8, 4) is 5.75 Å². The van der Waals surface area contributed by atoms with Crippen LogP contribution in [0.25, 0.3) is 0 Å². The summed E-state index contributed by atoms with van der Waals surface area (Å²) in [5, 5.41) is 5.27. The lowest BCUT2D eigenvalue weighted by atomic mass is 10.1. The predicted molar refractivity (Wildman–Crippen MR) is 121 cm³/mol. The fourth-order valence-electron chi connectivity index (χ4n) is 3.63. The van der Waals surface area contributed by atoms with Crippen LogP contribution in [0.5, 0.6) is 5.75 Å². The fourth-order valence-corrected chi connectivity index (χ4v) is 5.38. The number of rotatable bonds is 8. The van der Waals surface area contributed by atoms with Crippen LogP contribution in [-0.2, 0) is 21.4 Å². The first-order valence-electron chi connectivity index (χ1n) is 10.6. The number of ether oxygens (including phenoxy) is 1. The van der Waals surface area contributed by atoms with Crippen molar-refractivity contribution in [2.24, 2.45) is 0 Å². The third kappa shape index (κ3) is 5.86. The summed E-state index contributed by atoms with van der Waals surface area (Å²) in [5.41, 5.74) is 1.09. The summed E-state index contributed by atoms with van der Waals surface area (Å²) in [6.07, 6.45) is 2.66. The van der Waals surface area contributed by atoms with Gasteiger partial charge in [0.2, 0.25) is 15.9 Å². The molecule has 1 saturated heterocycles. The molecule has 0 saturated carbocycles. The molecule has 1 aliphatic heterocycles. The van der Waals surface area contributed by atoms with E-state index in [1.165, 1.54) is 22.5 Å². The van der Waals surface area contributed by atoms with E-state index in [9.17, 15) is 18.0 Å². The number of methoxy groups -OCH3 is 1. The molecule has 1 aliphatic rings. The maximum Gasteiger partial charge on any atom is 0.251 e. The summed E-state index contributed by atoms with van der Waals surface area (Å²) in [6, 6.07) is 13.1. The highest BCUT2D eigenvalue weighted by Crippen LogP contribution is 2.25. The van der Waals surface area contributed by atoms with Crippen LogP contribution >= 0.6 is 0 Å². The third-order valence-corrected chi connectivity index (χ3v) is 7.51. The Labute approximate surface area is 189 Å². The molecule has 172 valence electrons. The van der Waals surface area contributed by atoms with Crippen molar-refractivity contribution in [1.82, 2.24) is 14.9 Å². The molecular formula is C23H29N3O5S. The first-order chi connectivity index (χ1) is 15.3. The summed E-state index contributed by atoms with van der Waals surface area (Å²) < 4.78 is 32.6. The molecule has 1 atom stereocenters. The second-order valence-corrected chi connectivity index (χ2v) is 9.69. The molecular weight excluding hydrogens is 430 g/mol. The molecule has 0 spiro atoms. The van der Waals surface area contributed by atoms with Gasteiger partial charge in [0, 0.05) is 24.7 Å². The first-order valence-corrected chi connectivity index (χ1v) is 12.0. The van der Waals surface area contributed by atoms with Gasteiger partial charge in [-0.25, -0.2) is 8.42 Å². The minimum atomic E-state index is -3.68. The molecule has 0 aromatic heterocycles. The second-order valence-electron chi connectivity index (χ2n) is 7.80. The van der Waals surface area contributed by atoms with E-state index in [0.29, 0.717) is 13.1 Å². The quantitative estimate of drug-likeness (QED) is 0.630. The van der Waals surface area contributed by atoms with E-state index in [2.05, 4.69) is 10.6 Å². The van der Waals surface area contributed by atoms with Gasteiger partial charge in [0.1, 0.15) is 5.75 Å². The summed E-state index contributed by atoms with van der Waals surface area (Å²) in [4.78, 5) is 24.7. The number of hydrogen-bond acceptors (Lipinski definition) is 5. The van der Waals surface area contributed by atoms with Crippen LogP contribution in [-0.4, -0.2) is 50.8 Å². The van der Waals surface area contributed by atoms with Gasteiger partial charge in [-0.05, 0) is 55.7 Å². The van der Waals surface area contributed by atoms with E-state index < -0.39 is 15.9 Å². The van der Waals surface area contributed by atoms with E-state index in [1.54, 1.807) is 25.3 Å². The lowest BCUT2D eigenvalue weighted by molar-refractivity contribution is -0.120. The Hall–Kier alpha value is -2.91. The van der Waals surface area contributed by atoms with Crippen molar-refractivity contribution in [3.05, 3.63) is 59.7 Å². The maximum atomic E-state index is 13.0. The third-order valence-electron chi connectivity index (χ3n) is 5.50. The SMILES string of the molecule is COc1ccc(CNC(=O)CNC(=O)c2cccc(S(=O)(=O)N3CCCCC3C)c2)cc1. The van der Waals surface area contributed by atoms with Crippen LogP contribution in [0.3, 0.4) is 0 Å². The van der Waals surface area contributed by atoms with Crippen LogP contribution in [0.4, 0.5) is 0 Å². The highest BCUT2D eigenvalue weighted by atomic mass is 32.2. The Bertz CT molecular complexity index is 1050. The number of benzene rings is 2. The average Bonchev–Trinajstić information content (AvgIpc) is 2.81. The van der Waals surface area contributed by atoms with Gasteiger partial charge in [-0.1, -0.05) is 24.6 Å². The number of nitrogens with one attached hydrogen (secondary N) is 2. The number of carbonyl (C=O) groups is 2. The lowest BCUT2D eigenvalue weighted by Gasteiger charge is -2.32. The van der Waals surface area contributed by atoms with Gasteiger partial charge in [-0.15, -0.1) is 0 Å². The zero-order valence-electron chi connectivity index (χ0n) is 18.3. The molecule has 2 N–H and O–H groups in total. The molecule has 2 amide bonds. The van der Waals surface area contributed by atoms with Crippen molar-refractivity contribution >= 4 is 21.8 Å². The van der Waals surface area contributed by atoms with Crippen molar-refractivity contribution in [3.63, 3.8) is 0 Å². The van der Waals surface area contributed by atoms with Gasteiger partial charge in [0.15, 0.2) is 0 Å². The van der Waals surface area contributed by atoms with Crippen molar-refractivity contribution in [1.29, 1.82) is 0 Å². The van der Waals surface area contributed by atoms with E-state index >= 15 is 0 Å². The number of hydrogen-bond donors (Lipinski definition) is 2. The van der Waals surface area contributed by atoms with Crippen molar-refractivity contribution in [2.45, 2.75) is 43.7 Å². The lowest BCUT2D eigenvalue weighted by Crippen LogP contribution is -2.42. The number of nitrogens with zero attached hydrogens (tertiary/aromatic N) is 1. The summed E-state index contributed by atoms with van der Waals surface area (Å²) >= 11 is 0. The molecule has 2 aromatic carbocycles. The molecule has 0 aliphatic carbocycles. The van der Waals surface area contributed by atoms with Crippen LogP contribution in [0.2, 0.25) is 0 Å². The largest absolute Gasteiger partial charge is 0.497 e. The van der Waals surface area contributed by atoms with Gasteiger partial charge < -0.3 is 15.4 Å². The zero-order chi connectivity index (χ0) is 23.1. The van der Waals surface area contributed by atoms with E-state index in [4.69, 9.17) is 4.74 Å². The van der Waals surface area contributed by atoms with E-state index in [0.717, 1.165) is 30.6 Å². The number of carbonyl (C=O) groups excluding carboxylic acids is 2. The molecule has 8 nitrogen and oxygen atoms in total. The molecule has 2 aromatic rings. The molecule has 3 rings (SSSR count). The number of amides is 2. The Balaban J connectivity index is 1.56. The van der Waals surface area contributed by atoms with Gasteiger partial charge in [0.05, 0.1) is 18.6 Å². The zero-order valence-corrected chi connectivity index (χ0v) is 19.2. The second kappa shape index (κ2) is 10.6.